The van der Waals surface area contributed by atoms with E-state index in [0.717, 1.165) is 25.3 Å². The summed E-state index contributed by atoms with van der Waals surface area (Å²) in [5.41, 5.74) is 1.78. The Morgan fingerprint density at radius 1 is 1.23 bits per heavy atom. The predicted molar refractivity (Wildman–Crippen MR) is 123 cm³/mol. The van der Waals surface area contributed by atoms with Gasteiger partial charge in [0.2, 0.25) is 0 Å². The van der Waals surface area contributed by atoms with Gasteiger partial charge in [0.1, 0.15) is 5.75 Å². The Labute approximate surface area is 186 Å². The highest BCUT2D eigenvalue weighted by Gasteiger charge is 2.16. The number of benzene rings is 2. The first-order chi connectivity index (χ1) is 14.3. The molecule has 0 aliphatic carbocycles. The van der Waals surface area contributed by atoms with Crippen LogP contribution in [0.2, 0.25) is 5.02 Å². The third kappa shape index (κ3) is 3.98. The largest absolute Gasteiger partial charge is 0.483 e. The summed E-state index contributed by atoms with van der Waals surface area (Å²) in [7, 11) is 3.29. The van der Waals surface area contributed by atoms with Gasteiger partial charge in [0, 0.05) is 31.2 Å². The number of hydrogen-bond acceptors (Lipinski definition) is 6. The number of thiazole rings is 1. The van der Waals surface area contributed by atoms with Crippen molar-refractivity contribution in [3.8, 4) is 5.75 Å². The van der Waals surface area contributed by atoms with Gasteiger partial charge < -0.3 is 15.0 Å². The Kier molecular flexibility index (Phi) is 5.64. The summed E-state index contributed by atoms with van der Waals surface area (Å²) in [6.07, 6.45) is 0. The van der Waals surface area contributed by atoms with Gasteiger partial charge in [0.05, 0.1) is 30.5 Å². The van der Waals surface area contributed by atoms with E-state index >= 15 is 0 Å². The number of halogens is 1. The first kappa shape index (κ1) is 20.6. The van der Waals surface area contributed by atoms with Crippen molar-refractivity contribution in [3.05, 3.63) is 51.3 Å². The number of hydrogen-bond donors (Lipinski definition) is 1. The maximum atomic E-state index is 12.5. The second-order valence-corrected chi connectivity index (χ2v) is 9.41. The lowest BCUT2D eigenvalue weighted by molar-refractivity contribution is -0.118. The molecular formula is C21H18ClN3O3S2. The number of aryl methyl sites for hydroxylation is 1. The first-order valence-electron chi connectivity index (χ1n) is 9.04. The summed E-state index contributed by atoms with van der Waals surface area (Å²) >= 11 is 9.32. The quantitative estimate of drug-likeness (QED) is 0.445. The summed E-state index contributed by atoms with van der Waals surface area (Å²) in [6.45, 7) is 1.81. The normalized spacial score (nSPS) is 11.1. The number of fused-ring (bicyclic) bond motifs is 3. The molecule has 154 valence electrons. The number of amides is 2. The summed E-state index contributed by atoms with van der Waals surface area (Å²) in [5.74, 6) is 0.0852. The minimum atomic E-state index is -0.329. The SMILES string of the molecule is Cc1nc2c(cc(OCC(=O)Nc3ccc(Cl)c(C(=O)N(C)C)c3)c3ccsc32)s1. The third-order valence-electron chi connectivity index (χ3n) is 4.41. The van der Waals surface area contributed by atoms with Crippen molar-refractivity contribution in [1.82, 2.24) is 9.88 Å². The number of nitrogens with one attached hydrogen (secondary N) is 1. The number of nitrogens with zero attached hydrogens (tertiary/aromatic N) is 2. The molecule has 0 fully saturated rings. The van der Waals surface area contributed by atoms with Crippen LogP contribution in [0.5, 0.6) is 5.75 Å². The molecule has 2 amide bonds. The van der Waals surface area contributed by atoms with E-state index in [9.17, 15) is 9.59 Å². The number of ether oxygens (including phenoxy) is 1. The van der Waals surface area contributed by atoms with Gasteiger partial charge in [-0.1, -0.05) is 11.6 Å². The fourth-order valence-electron chi connectivity index (χ4n) is 3.05. The fraction of sp³-hybridized carbons (Fsp3) is 0.190. The number of carbonyl (C=O) groups is 2. The number of carbonyl (C=O) groups excluding carboxylic acids is 2. The number of anilines is 1. The molecule has 0 aliphatic heterocycles. The van der Waals surface area contributed by atoms with E-state index in [-0.39, 0.29) is 18.4 Å². The molecule has 0 atom stereocenters. The molecule has 2 aromatic carbocycles. The number of rotatable bonds is 5. The molecule has 30 heavy (non-hydrogen) atoms. The van der Waals surface area contributed by atoms with Crippen molar-refractivity contribution < 1.29 is 14.3 Å². The average molecular weight is 460 g/mol. The molecule has 0 unspecified atom stereocenters. The monoisotopic (exact) mass is 459 g/mol. The lowest BCUT2D eigenvalue weighted by atomic mass is 10.1. The molecule has 0 saturated heterocycles. The fourth-order valence-corrected chi connectivity index (χ4v) is 5.09. The minimum absolute atomic E-state index is 0.159. The van der Waals surface area contributed by atoms with E-state index in [1.807, 2.05) is 24.4 Å². The van der Waals surface area contributed by atoms with Crippen molar-refractivity contribution in [2.45, 2.75) is 6.92 Å². The maximum Gasteiger partial charge on any atom is 0.262 e. The standard InChI is InChI=1S/C21H18ClN3O3S2/c1-11-23-19-17(30-11)9-16(13-6-7-29-20(13)19)28-10-18(26)24-12-4-5-15(22)14(8-12)21(27)25(2)3/h4-9H,10H2,1-3H3,(H,24,26). The molecule has 2 aromatic heterocycles. The molecule has 1 N–H and O–H groups in total. The van der Waals surface area contributed by atoms with Crippen LogP contribution in [-0.4, -0.2) is 42.4 Å². The van der Waals surface area contributed by atoms with Crippen LogP contribution in [0.1, 0.15) is 15.4 Å². The van der Waals surface area contributed by atoms with Crippen LogP contribution >= 0.6 is 34.3 Å². The summed E-state index contributed by atoms with van der Waals surface area (Å²) in [6, 6.07) is 8.70. The lowest BCUT2D eigenvalue weighted by Crippen LogP contribution is -2.23. The summed E-state index contributed by atoms with van der Waals surface area (Å²) in [4.78, 5) is 30.7. The van der Waals surface area contributed by atoms with E-state index < -0.39 is 0 Å². The molecular weight excluding hydrogens is 442 g/mol. The van der Waals surface area contributed by atoms with Crippen molar-refractivity contribution >= 4 is 72.1 Å². The van der Waals surface area contributed by atoms with E-state index in [1.54, 1.807) is 55.0 Å². The van der Waals surface area contributed by atoms with E-state index in [2.05, 4.69) is 10.3 Å². The van der Waals surface area contributed by atoms with Gasteiger partial charge in [-0.15, -0.1) is 22.7 Å². The van der Waals surface area contributed by atoms with E-state index in [0.29, 0.717) is 22.0 Å². The Bertz CT molecular complexity index is 1280. The predicted octanol–water partition coefficient (Wildman–Crippen LogP) is 5.19. The highest BCUT2D eigenvalue weighted by atomic mass is 35.5. The topological polar surface area (TPSA) is 71.5 Å². The molecule has 4 aromatic rings. The van der Waals surface area contributed by atoms with Crippen LogP contribution in [0.15, 0.2) is 35.7 Å². The maximum absolute atomic E-state index is 12.5. The molecule has 0 spiro atoms. The zero-order valence-corrected chi connectivity index (χ0v) is 18.9. The molecule has 2 heterocycles. The molecule has 6 nitrogen and oxygen atoms in total. The second-order valence-electron chi connectivity index (χ2n) is 6.85. The van der Waals surface area contributed by atoms with Gasteiger partial charge in [-0.25, -0.2) is 4.98 Å². The number of aromatic nitrogens is 1. The van der Waals surface area contributed by atoms with E-state index in [4.69, 9.17) is 16.3 Å². The molecule has 4 rings (SSSR count). The van der Waals surface area contributed by atoms with Gasteiger partial charge in [0.25, 0.3) is 11.8 Å². The van der Waals surface area contributed by atoms with Gasteiger partial charge in [0.15, 0.2) is 6.61 Å². The van der Waals surface area contributed by atoms with Gasteiger partial charge >= 0.3 is 0 Å². The second kappa shape index (κ2) is 8.22. The smallest absolute Gasteiger partial charge is 0.262 e. The highest BCUT2D eigenvalue weighted by molar-refractivity contribution is 7.21. The Hall–Kier alpha value is -2.68. The summed E-state index contributed by atoms with van der Waals surface area (Å²) < 4.78 is 7.92. The molecule has 0 radical (unpaired) electrons. The van der Waals surface area contributed by atoms with Gasteiger partial charge in [-0.3, -0.25) is 9.59 Å². The van der Waals surface area contributed by atoms with Crippen LogP contribution in [-0.2, 0) is 4.79 Å². The molecule has 0 saturated carbocycles. The summed E-state index contributed by atoms with van der Waals surface area (Å²) in [5, 5.41) is 7.00. The Balaban J connectivity index is 1.51. The van der Waals surface area contributed by atoms with Crippen LogP contribution in [0, 0.1) is 6.92 Å². The molecule has 0 aliphatic rings. The van der Waals surface area contributed by atoms with Crippen LogP contribution < -0.4 is 10.1 Å². The zero-order valence-electron chi connectivity index (χ0n) is 16.5. The van der Waals surface area contributed by atoms with Crippen LogP contribution in [0.4, 0.5) is 5.69 Å². The van der Waals surface area contributed by atoms with Gasteiger partial charge in [-0.05, 0) is 36.6 Å². The third-order valence-corrected chi connectivity index (χ3v) is 6.58. The van der Waals surface area contributed by atoms with Crippen molar-refractivity contribution in [2.75, 3.05) is 26.0 Å². The molecule has 9 heteroatoms. The van der Waals surface area contributed by atoms with Gasteiger partial charge in [-0.2, -0.15) is 0 Å². The average Bonchev–Trinajstić information content (AvgIpc) is 3.32. The van der Waals surface area contributed by atoms with E-state index in [1.165, 1.54) is 4.90 Å². The molecule has 0 bridgehead atoms. The lowest BCUT2D eigenvalue weighted by Gasteiger charge is -2.13. The van der Waals surface area contributed by atoms with Crippen molar-refractivity contribution in [3.63, 3.8) is 0 Å². The Morgan fingerprint density at radius 2 is 2.03 bits per heavy atom. The number of thiophene rings is 1. The zero-order chi connectivity index (χ0) is 21.4. The Morgan fingerprint density at radius 3 is 2.80 bits per heavy atom. The first-order valence-corrected chi connectivity index (χ1v) is 11.1. The minimum Gasteiger partial charge on any atom is -0.483 e. The van der Waals surface area contributed by atoms with Crippen molar-refractivity contribution in [1.29, 1.82) is 0 Å². The van der Waals surface area contributed by atoms with Crippen LogP contribution in [0.25, 0.3) is 20.3 Å². The highest BCUT2D eigenvalue weighted by Crippen LogP contribution is 2.38. The van der Waals surface area contributed by atoms with Crippen molar-refractivity contribution in [2.24, 2.45) is 0 Å². The van der Waals surface area contributed by atoms with Crippen LogP contribution in [0.3, 0.4) is 0 Å².